The van der Waals surface area contributed by atoms with E-state index in [2.05, 4.69) is 17.0 Å². The Hall–Kier alpha value is -2.91. The summed E-state index contributed by atoms with van der Waals surface area (Å²) in [7, 11) is 0. The molecule has 5 rings (SSSR count). The lowest BCUT2D eigenvalue weighted by Gasteiger charge is -2.43. The van der Waals surface area contributed by atoms with E-state index in [1.807, 2.05) is 15.5 Å². The fraction of sp³-hybridized carbons (Fsp3) is 0.458. The highest BCUT2D eigenvalue weighted by atomic mass is 16.2. The van der Waals surface area contributed by atoms with Gasteiger partial charge < -0.3 is 9.47 Å². The first kappa shape index (κ1) is 19.1. The van der Waals surface area contributed by atoms with E-state index in [1.165, 1.54) is 12.8 Å². The Bertz CT molecular complexity index is 1080. The normalized spacial score (nSPS) is 23.1. The smallest absolute Gasteiger partial charge is 0.255 e. The van der Waals surface area contributed by atoms with Crippen molar-refractivity contribution in [1.29, 1.82) is 5.26 Å². The van der Waals surface area contributed by atoms with Crippen molar-refractivity contribution in [3.05, 3.63) is 69.1 Å². The zero-order chi connectivity index (χ0) is 20.7. The van der Waals surface area contributed by atoms with E-state index in [4.69, 9.17) is 5.26 Å². The molecule has 0 unspecified atom stereocenters. The average molecular weight is 402 g/mol. The molecule has 2 saturated heterocycles. The van der Waals surface area contributed by atoms with Gasteiger partial charge in [-0.1, -0.05) is 12.1 Å². The van der Waals surface area contributed by atoms with E-state index in [9.17, 15) is 9.59 Å². The van der Waals surface area contributed by atoms with Crippen molar-refractivity contribution in [1.82, 2.24) is 14.4 Å². The monoisotopic (exact) mass is 402 g/mol. The molecule has 154 valence electrons. The first-order chi connectivity index (χ1) is 14.6. The summed E-state index contributed by atoms with van der Waals surface area (Å²) < 4.78 is 1.97. The van der Waals surface area contributed by atoms with Gasteiger partial charge in [-0.25, -0.2) is 0 Å². The number of piperidine rings is 1. The number of pyridine rings is 1. The van der Waals surface area contributed by atoms with Gasteiger partial charge in [0.2, 0.25) is 0 Å². The van der Waals surface area contributed by atoms with Crippen LogP contribution < -0.4 is 5.56 Å². The second-order valence-electron chi connectivity index (χ2n) is 8.88. The van der Waals surface area contributed by atoms with Crippen molar-refractivity contribution in [2.75, 3.05) is 26.2 Å². The zero-order valence-electron chi connectivity index (χ0n) is 17.1. The van der Waals surface area contributed by atoms with E-state index < -0.39 is 0 Å². The number of rotatable bonds is 3. The molecule has 2 aromatic rings. The van der Waals surface area contributed by atoms with Crippen molar-refractivity contribution < 1.29 is 4.79 Å². The number of fused-ring (bicyclic) bond motifs is 4. The lowest BCUT2D eigenvalue weighted by atomic mass is 9.82. The Labute approximate surface area is 176 Å². The maximum Gasteiger partial charge on any atom is 0.255 e. The molecule has 0 radical (unpaired) electrons. The van der Waals surface area contributed by atoms with Crippen LogP contribution in [-0.4, -0.2) is 46.5 Å². The van der Waals surface area contributed by atoms with Crippen molar-refractivity contribution in [3.8, 4) is 6.07 Å². The molecule has 3 aliphatic heterocycles. The highest BCUT2D eigenvalue weighted by Crippen LogP contribution is 2.35. The summed E-state index contributed by atoms with van der Waals surface area (Å²) in [5.74, 6) is 0.455. The number of aromatic nitrogens is 1. The third-order valence-electron chi connectivity index (χ3n) is 6.80. The minimum absolute atomic E-state index is 0.0248. The van der Waals surface area contributed by atoms with Crippen LogP contribution in [0.2, 0.25) is 0 Å². The predicted octanol–water partition coefficient (Wildman–Crippen LogP) is 2.58. The summed E-state index contributed by atoms with van der Waals surface area (Å²) in [5.41, 5.74) is 3.16. The highest BCUT2D eigenvalue weighted by molar-refractivity contribution is 5.94. The van der Waals surface area contributed by atoms with Crippen LogP contribution in [-0.2, 0) is 13.1 Å². The number of hydrogen-bond donors (Lipinski definition) is 0. The van der Waals surface area contributed by atoms with Gasteiger partial charge in [0.15, 0.2) is 0 Å². The lowest BCUT2D eigenvalue weighted by molar-refractivity contribution is 0.0594. The number of likely N-dealkylation sites (tertiary alicyclic amines) is 2. The number of carbonyl (C=O) groups excluding carboxylic acids is 1. The number of carbonyl (C=O) groups is 1. The molecule has 1 amide bonds. The van der Waals surface area contributed by atoms with Gasteiger partial charge >= 0.3 is 0 Å². The molecule has 2 bridgehead atoms. The number of nitrogens with zero attached hydrogens (tertiary/aromatic N) is 4. The Kier molecular flexibility index (Phi) is 4.92. The molecule has 6 nitrogen and oxygen atoms in total. The third kappa shape index (κ3) is 3.44. The zero-order valence-corrected chi connectivity index (χ0v) is 17.1. The van der Waals surface area contributed by atoms with Gasteiger partial charge in [0, 0.05) is 48.9 Å². The minimum atomic E-state index is -0.0248. The third-order valence-corrected chi connectivity index (χ3v) is 6.80. The molecular formula is C24H26N4O2. The van der Waals surface area contributed by atoms with Gasteiger partial charge in [0.05, 0.1) is 11.6 Å². The van der Waals surface area contributed by atoms with Gasteiger partial charge in [-0.05, 0) is 62.5 Å². The molecule has 0 aliphatic carbocycles. The fourth-order valence-electron chi connectivity index (χ4n) is 5.36. The summed E-state index contributed by atoms with van der Waals surface area (Å²) in [6, 6.07) is 13.1. The van der Waals surface area contributed by atoms with E-state index in [-0.39, 0.29) is 17.4 Å². The van der Waals surface area contributed by atoms with Crippen LogP contribution in [0.1, 0.15) is 52.4 Å². The molecule has 0 N–H and O–H groups in total. The largest absolute Gasteiger partial charge is 0.338 e. The number of nitriles is 1. The molecular weight excluding hydrogens is 376 g/mol. The second kappa shape index (κ2) is 7.73. The van der Waals surface area contributed by atoms with Gasteiger partial charge in [-0.3, -0.25) is 14.5 Å². The van der Waals surface area contributed by atoms with Crippen LogP contribution in [0, 0.1) is 17.2 Å². The minimum Gasteiger partial charge on any atom is -0.338 e. The molecule has 6 heteroatoms. The molecule has 1 aromatic heterocycles. The van der Waals surface area contributed by atoms with Gasteiger partial charge in [0.25, 0.3) is 11.5 Å². The molecule has 0 spiro atoms. The lowest BCUT2D eigenvalue weighted by Crippen LogP contribution is -2.49. The van der Waals surface area contributed by atoms with Crippen LogP contribution in [0.25, 0.3) is 0 Å². The molecule has 1 aromatic carbocycles. The molecule has 30 heavy (non-hydrogen) atoms. The molecule has 3 aliphatic rings. The summed E-state index contributed by atoms with van der Waals surface area (Å²) >= 11 is 0. The first-order valence-corrected chi connectivity index (χ1v) is 10.9. The van der Waals surface area contributed by atoms with Crippen molar-refractivity contribution in [2.45, 2.75) is 38.3 Å². The van der Waals surface area contributed by atoms with E-state index >= 15 is 0 Å². The number of hydrogen-bond acceptors (Lipinski definition) is 4. The second-order valence-corrected chi connectivity index (χ2v) is 8.88. The topological polar surface area (TPSA) is 69.3 Å². The number of amides is 1. The van der Waals surface area contributed by atoms with Crippen LogP contribution >= 0.6 is 0 Å². The highest BCUT2D eigenvalue weighted by Gasteiger charge is 2.37. The standard InChI is InChI=1S/C24H26N4O2/c25-12-17-4-3-5-19(10-17)23(29)27-13-18-11-21(16-27)22-7-6-20(24(30)28(22)14-18)15-26-8-1-2-9-26/h3-7,10,18,21H,1-2,8-9,11,13-16H2/t18-,21+/m0/s1. The average Bonchev–Trinajstić information content (AvgIpc) is 3.28. The van der Waals surface area contributed by atoms with Gasteiger partial charge in [0.1, 0.15) is 0 Å². The number of benzene rings is 1. The fourth-order valence-corrected chi connectivity index (χ4v) is 5.36. The van der Waals surface area contributed by atoms with Crippen LogP contribution in [0.15, 0.2) is 41.2 Å². The molecule has 4 heterocycles. The maximum atomic E-state index is 13.2. The van der Waals surface area contributed by atoms with Crippen LogP contribution in [0.4, 0.5) is 0 Å². The summed E-state index contributed by atoms with van der Waals surface area (Å²) in [6.07, 6.45) is 3.46. The Morgan fingerprint density at radius 2 is 1.93 bits per heavy atom. The summed E-state index contributed by atoms with van der Waals surface area (Å²) in [5, 5.41) is 9.12. The Balaban J connectivity index is 1.38. The van der Waals surface area contributed by atoms with E-state index in [0.29, 0.717) is 36.7 Å². The van der Waals surface area contributed by atoms with Crippen molar-refractivity contribution in [3.63, 3.8) is 0 Å². The quantitative estimate of drug-likeness (QED) is 0.791. The molecule has 2 fully saturated rings. The summed E-state index contributed by atoms with van der Waals surface area (Å²) in [4.78, 5) is 30.5. The van der Waals surface area contributed by atoms with Crippen LogP contribution in [0.3, 0.4) is 0 Å². The SMILES string of the molecule is N#Cc1cccc(C(=O)N2C[C@@H]3C[C@H](C2)c2ccc(CN4CCCC4)c(=O)n2C3)c1. The Morgan fingerprint density at radius 3 is 2.73 bits per heavy atom. The van der Waals surface area contributed by atoms with Crippen molar-refractivity contribution in [2.24, 2.45) is 5.92 Å². The van der Waals surface area contributed by atoms with E-state index in [0.717, 1.165) is 37.3 Å². The molecule has 0 saturated carbocycles. The predicted molar refractivity (Wildman–Crippen MR) is 113 cm³/mol. The van der Waals surface area contributed by atoms with Crippen molar-refractivity contribution >= 4 is 5.91 Å². The van der Waals surface area contributed by atoms with E-state index in [1.54, 1.807) is 24.3 Å². The summed E-state index contributed by atoms with van der Waals surface area (Å²) in [6.45, 7) is 4.87. The molecule has 2 atom stereocenters. The Morgan fingerprint density at radius 1 is 1.10 bits per heavy atom. The van der Waals surface area contributed by atoms with Gasteiger partial charge in [-0.2, -0.15) is 5.26 Å². The van der Waals surface area contributed by atoms with Crippen LogP contribution in [0.5, 0.6) is 0 Å². The first-order valence-electron chi connectivity index (χ1n) is 10.9. The van der Waals surface area contributed by atoms with Gasteiger partial charge in [-0.15, -0.1) is 0 Å². The maximum absolute atomic E-state index is 13.2.